The van der Waals surface area contributed by atoms with Crippen molar-refractivity contribution in [2.75, 3.05) is 25.5 Å². The molecule has 28 heavy (non-hydrogen) atoms. The van der Waals surface area contributed by atoms with E-state index in [1.807, 2.05) is 25.8 Å². The minimum Gasteiger partial charge on any atom is -0.357 e. The zero-order chi connectivity index (χ0) is 19.6. The molecule has 0 fully saturated rings. The molecule has 9 heteroatoms. The van der Waals surface area contributed by atoms with Gasteiger partial charge in [-0.25, -0.2) is 4.98 Å². The number of hydrogen-bond donors (Lipinski definition) is 2. The van der Waals surface area contributed by atoms with Gasteiger partial charge in [-0.3, -0.25) is 9.79 Å². The van der Waals surface area contributed by atoms with Gasteiger partial charge in [-0.1, -0.05) is 11.6 Å². The van der Waals surface area contributed by atoms with E-state index in [-0.39, 0.29) is 29.9 Å². The lowest BCUT2D eigenvalue weighted by Crippen LogP contribution is -2.38. The van der Waals surface area contributed by atoms with Gasteiger partial charge < -0.3 is 15.5 Å². The molecular weight excluding hydrogens is 509 g/mol. The maximum Gasteiger partial charge on any atom is 0.224 e. The number of nitrogens with one attached hydrogen (secondary N) is 2. The lowest BCUT2D eigenvalue weighted by atomic mass is 10.2. The minimum absolute atomic E-state index is 0. The van der Waals surface area contributed by atoms with Crippen molar-refractivity contribution in [1.82, 2.24) is 15.2 Å². The van der Waals surface area contributed by atoms with Gasteiger partial charge in [0.1, 0.15) is 0 Å². The third kappa shape index (κ3) is 8.74. The molecule has 0 atom stereocenters. The van der Waals surface area contributed by atoms with E-state index in [4.69, 9.17) is 11.6 Å². The molecule has 1 aromatic heterocycles. The zero-order valence-electron chi connectivity index (χ0n) is 16.4. The molecule has 2 aromatic rings. The van der Waals surface area contributed by atoms with Gasteiger partial charge in [-0.05, 0) is 44.5 Å². The first-order chi connectivity index (χ1) is 13.0. The van der Waals surface area contributed by atoms with Crippen LogP contribution in [0.2, 0.25) is 5.02 Å². The Bertz CT molecular complexity index is 766. The Morgan fingerprint density at radius 1 is 1.32 bits per heavy atom. The fourth-order valence-electron chi connectivity index (χ4n) is 2.45. The summed E-state index contributed by atoms with van der Waals surface area (Å²) in [4.78, 5) is 23.2. The number of nitrogens with zero attached hydrogens (tertiary/aromatic N) is 3. The summed E-state index contributed by atoms with van der Waals surface area (Å²) in [5.74, 6) is 0.796. The monoisotopic (exact) mass is 535 g/mol. The normalized spacial score (nSPS) is 10.9. The third-order valence-corrected chi connectivity index (χ3v) is 4.79. The minimum atomic E-state index is -0.0242. The quantitative estimate of drug-likeness (QED) is 0.225. The number of thiazole rings is 1. The second-order valence-electron chi connectivity index (χ2n) is 6.11. The molecule has 1 amide bonds. The fraction of sp³-hybridized carbons (Fsp3) is 0.421. The lowest BCUT2D eigenvalue weighted by molar-refractivity contribution is -0.116. The fourth-order valence-corrected chi connectivity index (χ4v) is 3.18. The number of rotatable bonds is 8. The number of amides is 1. The van der Waals surface area contributed by atoms with Crippen molar-refractivity contribution in [3.8, 4) is 0 Å². The van der Waals surface area contributed by atoms with Crippen LogP contribution in [0.15, 0.2) is 34.6 Å². The van der Waals surface area contributed by atoms with E-state index in [0.29, 0.717) is 31.0 Å². The number of hydrogen-bond acceptors (Lipinski definition) is 4. The smallest absolute Gasteiger partial charge is 0.224 e. The summed E-state index contributed by atoms with van der Waals surface area (Å²) in [6, 6.07) is 7.08. The predicted molar refractivity (Wildman–Crippen MR) is 129 cm³/mol. The summed E-state index contributed by atoms with van der Waals surface area (Å²) in [5, 5.41) is 9.92. The van der Waals surface area contributed by atoms with Gasteiger partial charge in [0.2, 0.25) is 5.91 Å². The van der Waals surface area contributed by atoms with E-state index in [1.54, 1.807) is 35.6 Å². The van der Waals surface area contributed by atoms with Crippen LogP contribution >= 0.6 is 46.9 Å². The van der Waals surface area contributed by atoms with Crippen molar-refractivity contribution in [1.29, 1.82) is 0 Å². The Hall–Kier alpha value is -1.39. The highest BCUT2D eigenvalue weighted by Crippen LogP contribution is 2.14. The summed E-state index contributed by atoms with van der Waals surface area (Å²) in [6.07, 6.45) is 1.10. The Balaban J connectivity index is 0.00000392. The van der Waals surface area contributed by atoms with E-state index in [0.717, 1.165) is 28.9 Å². The van der Waals surface area contributed by atoms with E-state index >= 15 is 0 Å². The molecule has 1 aromatic carbocycles. The molecule has 0 radical (unpaired) electrons. The highest BCUT2D eigenvalue weighted by atomic mass is 127. The molecule has 154 valence electrons. The summed E-state index contributed by atoms with van der Waals surface area (Å²) in [6.45, 7) is 6.11. The Kier molecular flexibility index (Phi) is 11.4. The summed E-state index contributed by atoms with van der Waals surface area (Å²) >= 11 is 7.49. The number of benzene rings is 1. The molecular formula is C19H27ClIN5OS. The molecule has 2 N–H and O–H groups in total. The van der Waals surface area contributed by atoms with E-state index in [9.17, 15) is 4.79 Å². The van der Waals surface area contributed by atoms with Crippen LogP contribution in [0.5, 0.6) is 0 Å². The van der Waals surface area contributed by atoms with E-state index in [1.165, 1.54) is 0 Å². The van der Waals surface area contributed by atoms with Crippen molar-refractivity contribution in [3.63, 3.8) is 0 Å². The highest BCUT2D eigenvalue weighted by molar-refractivity contribution is 14.0. The molecule has 1 heterocycles. The molecule has 0 saturated heterocycles. The Morgan fingerprint density at radius 3 is 2.64 bits per heavy atom. The first kappa shape index (κ1) is 24.6. The third-order valence-electron chi connectivity index (χ3n) is 3.71. The van der Waals surface area contributed by atoms with Crippen LogP contribution in [0.4, 0.5) is 5.69 Å². The van der Waals surface area contributed by atoms with Crippen molar-refractivity contribution in [2.24, 2.45) is 4.99 Å². The van der Waals surface area contributed by atoms with Gasteiger partial charge in [-0.15, -0.1) is 35.3 Å². The van der Waals surface area contributed by atoms with Crippen LogP contribution in [0.3, 0.4) is 0 Å². The number of carbonyl (C=O) groups is 1. The van der Waals surface area contributed by atoms with Crippen molar-refractivity contribution in [3.05, 3.63) is 45.4 Å². The molecule has 0 aliphatic rings. The van der Waals surface area contributed by atoms with Crippen LogP contribution in [0.25, 0.3) is 0 Å². The first-order valence-corrected chi connectivity index (χ1v) is 10.2. The van der Waals surface area contributed by atoms with Crippen LogP contribution < -0.4 is 10.6 Å². The van der Waals surface area contributed by atoms with Crippen molar-refractivity contribution in [2.45, 2.75) is 33.2 Å². The molecule has 0 spiro atoms. The standard InChI is InChI=1S/C19H26ClN5OS.HI/c1-4-21-19(25(3)12-17-13-27-14(2)23-17)22-11-5-6-18(26)24-16-9-7-15(20)8-10-16;/h7-10,13H,4-6,11-12H2,1-3H3,(H,21,22)(H,24,26);1H. The summed E-state index contributed by atoms with van der Waals surface area (Å²) in [7, 11) is 1.99. The summed E-state index contributed by atoms with van der Waals surface area (Å²) in [5.41, 5.74) is 1.78. The Labute approximate surface area is 192 Å². The maximum atomic E-state index is 12.0. The number of aliphatic imine (C=N–C) groups is 1. The topological polar surface area (TPSA) is 69.6 Å². The second kappa shape index (κ2) is 12.9. The number of carbonyl (C=O) groups excluding carboxylic acids is 1. The number of aromatic nitrogens is 1. The van der Waals surface area contributed by atoms with Gasteiger partial charge in [0.05, 0.1) is 17.2 Å². The average Bonchev–Trinajstić information content (AvgIpc) is 3.04. The Morgan fingerprint density at radius 2 is 2.04 bits per heavy atom. The van der Waals surface area contributed by atoms with E-state index < -0.39 is 0 Å². The zero-order valence-corrected chi connectivity index (χ0v) is 20.3. The number of anilines is 1. The highest BCUT2D eigenvalue weighted by Gasteiger charge is 2.09. The van der Waals surface area contributed by atoms with Crippen LogP contribution in [-0.4, -0.2) is 41.9 Å². The van der Waals surface area contributed by atoms with Gasteiger partial charge in [0, 0.05) is 42.6 Å². The van der Waals surface area contributed by atoms with Crippen LogP contribution in [-0.2, 0) is 11.3 Å². The predicted octanol–water partition coefficient (Wildman–Crippen LogP) is 4.54. The molecule has 0 unspecified atom stereocenters. The van der Waals surface area contributed by atoms with Crippen molar-refractivity contribution >= 4 is 64.5 Å². The SMILES string of the molecule is CCNC(=NCCCC(=O)Nc1ccc(Cl)cc1)N(C)Cc1csc(C)n1.I. The largest absolute Gasteiger partial charge is 0.357 e. The molecule has 2 rings (SSSR count). The molecule has 0 saturated carbocycles. The molecule has 6 nitrogen and oxygen atoms in total. The van der Waals surface area contributed by atoms with Gasteiger partial charge >= 0.3 is 0 Å². The number of halogens is 2. The average molecular weight is 536 g/mol. The maximum absolute atomic E-state index is 12.0. The number of guanidine groups is 1. The number of aryl methyl sites for hydroxylation is 1. The van der Waals surface area contributed by atoms with Crippen molar-refractivity contribution < 1.29 is 4.79 Å². The summed E-state index contributed by atoms with van der Waals surface area (Å²) < 4.78 is 0. The van der Waals surface area contributed by atoms with Gasteiger partial charge in [0.15, 0.2) is 5.96 Å². The first-order valence-electron chi connectivity index (χ1n) is 8.93. The molecule has 0 bridgehead atoms. The van der Waals surface area contributed by atoms with Gasteiger partial charge in [0.25, 0.3) is 0 Å². The van der Waals surface area contributed by atoms with E-state index in [2.05, 4.69) is 26.0 Å². The van der Waals surface area contributed by atoms with Crippen LogP contribution in [0.1, 0.15) is 30.5 Å². The van der Waals surface area contributed by atoms with Gasteiger partial charge in [-0.2, -0.15) is 0 Å². The second-order valence-corrected chi connectivity index (χ2v) is 7.61. The lowest BCUT2D eigenvalue weighted by Gasteiger charge is -2.21. The molecule has 0 aliphatic heterocycles. The van der Waals surface area contributed by atoms with Crippen LogP contribution in [0, 0.1) is 6.92 Å². The molecule has 0 aliphatic carbocycles.